The van der Waals surface area contributed by atoms with E-state index in [-0.39, 0.29) is 24.3 Å². The Kier molecular flexibility index (Phi) is 5.32. The second-order valence-corrected chi connectivity index (χ2v) is 8.20. The molecule has 2 aromatic rings. The molecule has 0 radical (unpaired) electrons. The molecule has 1 unspecified atom stereocenters. The maximum Gasteiger partial charge on any atom is 0.273 e. The first-order valence-corrected chi connectivity index (χ1v) is 10.2. The highest BCUT2D eigenvalue weighted by Gasteiger charge is 2.38. The van der Waals surface area contributed by atoms with E-state index in [0.29, 0.717) is 44.7 Å². The van der Waals surface area contributed by atoms with Gasteiger partial charge in [0.15, 0.2) is 0 Å². The molecule has 29 heavy (non-hydrogen) atoms. The maximum absolute atomic E-state index is 12.7. The van der Waals surface area contributed by atoms with Crippen molar-refractivity contribution >= 4 is 11.8 Å². The Labute approximate surface area is 170 Å². The number of aromatic nitrogens is 1. The molecule has 2 aliphatic heterocycles. The molecule has 2 amide bonds. The van der Waals surface area contributed by atoms with Gasteiger partial charge in [0.05, 0.1) is 12.1 Å². The Morgan fingerprint density at radius 2 is 1.90 bits per heavy atom. The van der Waals surface area contributed by atoms with Gasteiger partial charge in [0.2, 0.25) is 5.91 Å². The van der Waals surface area contributed by atoms with Crippen molar-refractivity contribution in [3.05, 3.63) is 59.9 Å². The summed E-state index contributed by atoms with van der Waals surface area (Å²) in [5.41, 5.74) is 3.91. The molecule has 7 heteroatoms. The second-order valence-electron chi connectivity index (χ2n) is 8.20. The summed E-state index contributed by atoms with van der Waals surface area (Å²) in [7, 11) is 0. The van der Waals surface area contributed by atoms with E-state index in [1.165, 1.54) is 0 Å². The average Bonchev–Trinajstić information content (AvgIpc) is 3.21. The van der Waals surface area contributed by atoms with Gasteiger partial charge in [-0.15, -0.1) is 0 Å². The van der Waals surface area contributed by atoms with Crippen LogP contribution in [0.3, 0.4) is 0 Å². The third kappa shape index (κ3) is 4.15. The van der Waals surface area contributed by atoms with Gasteiger partial charge in [0, 0.05) is 25.7 Å². The van der Waals surface area contributed by atoms with Gasteiger partial charge in [-0.2, -0.15) is 0 Å². The van der Waals surface area contributed by atoms with Gasteiger partial charge in [-0.25, -0.2) is 0 Å². The molecule has 7 nitrogen and oxygen atoms in total. The van der Waals surface area contributed by atoms with Gasteiger partial charge in [0.25, 0.3) is 5.91 Å². The molecular formula is C22H28N4O3. The van der Waals surface area contributed by atoms with E-state index in [4.69, 9.17) is 0 Å². The number of β-amino-alcohol motifs (C(OH)–C–C–N with tert-alkyl or cyclic N) is 1. The average molecular weight is 396 g/mol. The lowest BCUT2D eigenvalue weighted by molar-refractivity contribution is -0.136. The van der Waals surface area contributed by atoms with E-state index >= 15 is 0 Å². The molecule has 0 aliphatic carbocycles. The van der Waals surface area contributed by atoms with E-state index in [1.807, 2.05) is 41.3 Å². The maximum atomic E-state index is 12.7. The molecule has 1 fully saturated rings. The zero-order valence-corrected chi connectivity index (χ0v) is 16.8. The molecule has 154 valence electrons. The molecule has 2 aliphatic rings. The molecule has 1 aromatic carbocycles. The number of likely N-dealkylation sites (tertiary alicyclic amines) is 1. The zero-order chi connectivity index (χ0) is 20.4. The smallest absolute Gasteiger partial charge is 0.273 e. The lowest BCUT2D eigenvalue weighted by Gasteiger charge is -2.42. The minimum atomic E-state index is -0.964. The van der Waals surface area contributed by atoms with Crippen molar-refractivity contribution in [3.8, 4) is 0 Å². The normalized spacial score (nSPS) is 19.4. The molecule has 2 N–H and O–H groups in total. The first kappa shape index (κ1) is 19.5. The fraction of sp³-hybridized carbons (Fsp3) is 0.455. The van der Waals surface area contributed by atoms with E-state index in [2.05, 4.69) is 12.3 Å². The first-order valence-electron chi connectivity index (χ1n) is 10.2. The van der Waals surface area contributed by atoms with Crippen molar-refractivity contribution in [1.82, 2.24) is 14.5 Å². The number of carbonyl (C=O) groups excluding carboxylic acids is 2. The fourth-order valence-corrected chi connectivity index (χ4v) is 4.19. The third-order valence-corrected chi connectivity index (χ3v) is 6.07. The van der Waals surface area contributed by atoms with Crippen LogP contribution in [0.2, 0.25) is 0 Å². The number of piperidine rings is 1. The number of nitrogens with one attached hydrogen (secondary N) is 1. The van der Waals surface area contributed by atoms with Crippen molar-refractivity contribution in [3.63, 3.8) is 0 Å². The Morgan fingerprint density at radius 1 is 1.17 bits per heavy atom. The molecule has 1 atom stereocenters. The molecule has 0 spiro atoms. The van der Waals surface area contributed by atoms with E-state index in [1.54, 1.807) is 21.8 Å². The lowest BCUT2D eigenvalue weighted by atomic mass is 9.89. The van der Waals surface area contributed by atoms with Gasteiger partial charge >= 0.3 is 0 Å². The van der Waals surface area contributed by atoms with Gasteiger partial charge < -0.3 is 20.3 Å². The predicted octanol–water partition coefficient (Wildman–Crippen LogP) is 1.99. The number of carbonyl (C=O) groups is 2. The summed E-state index contributed by atoms with van der Waals surface area (Å²) in [5.74, 6) is 0.201. The standard InChI is InChI=1S/C22H28N4O3/c1-17(18-6-3-2-4-7-18)14-20(27)24-12-9-22(29,10-13-24)15-25-16-23-26-11-5-8-19(26)21(25)28/h2-8,11,17,23,29H,9-10,12-16H2,1H3. The topological polar surface area (TPSA) is 77.8 Å². The van der Waals surface area contributed by atoms with Gasteiger partial charge in [-0.1, -0.05) is 37.3 Å². The molecule has 4 rings (SSSR count). The Bertz CT molecular complexity index is 871. The van der Waals surface area contributed by atoms with Crippen LogP contribution in [-0.4, -0.2) is 63.3 Å². The molecule has 1 aromatic heterocycles. The quantitative estimate of drug-likeness (QED) is 0.810. The number of fused-ring (bicyclic) bond motifs is 1. The summed E-state index contributed by atoms with van der Waals surface area (Å²) in [6.07, 6.45) is 3.22. The zero-order valence-electron chi connectivity index (χ0n) is 16.8. The van der Waals surface area contributed by atoms with Crippen LogP contribution in [0.25, 0.3) is 0 Å². The SMILES string of the molecule is CC(CC(=O)N1CCC(O)(CN2CNn3cccc3C2=O)CC1)c1ccccc1. The van der Waals surface area contributed by atoms with Gasteiger partial charge in [-0.3, -0.25) is 14.3 Å². The lowest BCUT2D eigenvalue weighted by Crippen LogP contribution is -2.56. The summed E-state index contributed by atoms with van der Waals surface area (Å²) < 4.78 is 1.71. The Hall–Kier alpha value is -2.80. The Morgan fingerprint density at radius 3 is 2.62 bits per heavy atom. The summed E-state index contributed by atoms with van der Waals surface area (Å²) in [6, 6.07) is 13.6. The van der Waals surface area contributed by atoms with Crippen molar-refractivity contribution < 1.29 is 14.7 Å². The molecule has 1 saturated heterocycles. The highest BCUT2D eigenvalue weighted by molar-refractivity contribution is 5.93. The van der Waals surface area contributed by atoms with E-state index < -0.39 is 5.60 Å². The van der Waals surface area contributed by atoms with E-state index in [9.17, 15) is 14.7 Å². The van der Waals surface area contributed by atoms with Crippen LogP contribution in [0.1, 0.15) is 48.2 Å². The van der Waals surface area contributed by atoms with Crippen LogP contribution in [0, 0.1) is 0 Å². The van der Waals surface area contributed by atoms with Crippen LogP contribution < -0.4 is 5.43 Å². The number of benzene rings is 1. The first-order chi connectivity index (χ1) is 14.0. The van der Waals surface area contributed by atoms with Crippen LogP contribution in [0.4, 0.5) is 0 Å². The Balaban J connectivity index is 1.30. The van der Waals surface area contributed by atoms with Crippen LogP contribution in [0.15, 0.2) is 48.7 Å². The predicted molar refractivity (Wildman–Crippen MR) is 110 cm³/mol. The summed E-state index contributed by atoms with van der Waals surface area (Å²) in [6.45, 7) is 3.73. The number of aliphatic hydroxyl groups is 1. The minimum Gasteiger partial charge on any atom is -0.388 e. The molecular weight excluding hydrogens is 368 g/mol. The monoisotopic (exact) mass is 396 g/mol. The third-order valence-electron chi connectivity index (χ3n) is 6.07. The van der Waals surface area contributed by atoms with Crippen LogP contribution in [0.5, 0.6) is 0 Å². The molecule has 3 heterocycles. The van der Waals surface area contributed by atoms with Gasteiger partial charge in [-0.05, 0) is 36.5 Å². The minimum absolute atomic E-state index is 0.0858. The number of amides is 2. The van der Waals surface area contributed by atoms with Crippen molar-refractivity contribution in [2.45, 2.75) is 37.7 Å². The number of nitrogens with zero attached hydrogens (tertiary/aromatic N) is 3. The second kappa shape index (κ2) is 7.91. The van der Waals surface area contributed by atoms with Gasteiger partial charge in [0.1, 0.15) is 12.4 Å². The summed E-state index contributed by atoms with van der Waals surface area (Å²) in [5, 5.41) is 11.0. The number of hydrogen-bond donors (Lipinski definition) is 2. The van der Waals surface area contributed by atoms with Crippen LogP contribution >= 0.6 is 0 Å². The fourth-order valence-electron chi connectivity index (χ4n) is 4.19. The van der Waals surface area contributed by atoms with Crippen molar-refractivity contribution in [1.29, 1.82) is 0 Å². The van der Waals surface area contributed by atoms with Crippen LogP contribution in [-0.2, 0) is 4.79 Å². The highest BCUT2D eigenvalue weighted by Crippen LogP contribution is 2.27. The number of hydrogen-bond acceptors (Lipinski definition) is 4. The molecule has 0 saturated carbocycles. The number of rotatable bonds is 5. The highest BCUT2D eigenvalue weighted by atomic mass is 16.3. The molecule has 0 bridgehead atoms. The van der Waals surface area contributed by atoms with E-state index in [0.717, 1.165) is 5.56 Å². The van der Waals surface area contributed by atoms with Crippen molar-refractivity contribution in [2.75, 3.05) is 31.7 Å². The summed E-state index contributed by atoms with van der Waals surface area (Å²) >= 11 is 0. The largest absolute Gasteiger partial charge is 0.388 e. The van der Waals surface area contributed by atoms with Crippen molar-refractivity contribution in [2.24, 2.45) is 0 Å². The summed E-state index contributed by atoms with van der Waals surface area (Å²) in [4.78, 5) is 28.8.